The molecule has 2 rings (SSSR count). The molecule has 2 aliphatic heterocycles. The van der Waals surface area contributed by atoms with Gasteiger partial charge < -0.3 is 39.4 Å². The number of hydrogen-bond donors (Lipinski definition) is 4. The van der Waals surface area contributed by atoms with Crippen molar-refractivity contribution in [3.63, 3.8) is 0 Å². The van der Waals surface area contributed by atoms with E-state index in [1.807, 2.05) is 13.8 Å². The molecular weight excluding hydrogens is 324 g/mol. The number of hydrogen-bond acceptors (Lipinski definition) is 8. The summed E-state index contributed by atoms with van der Waals surface area (Å²) in [4.78, 5) is 10.9. The highest BCUT2D eigenvalue weighted by Crippen LogP contribution is 2.24. The minimum absolute atomic E-state index is 0.00219. The number of carbonyl (C=O) groups is 1. The zero-order valence-corrected chi connectivity index (χ0v) is 14.2. The van der Waals surface area contributed by atoms with E-state index in [1.165, 1.54) is 7.11 Å². The molecule has 0 aromatic heterocycles. The van der Waals surface area contributed by atoms with Crippen molar-refractivity contribution in [3.05, 3.63) is 0 Å². The van der Waals surface area contributed by atoms with Gasteiger partial charge in [-0.05, 0) is 0 Å². The lowest BCUT2D eigenvalue weighted by Gasteiger charge is -2.37. The van der Waals surface area contributed by atoms with Crippen LogP contribution < -0.4 is 0 Å². The van der Waals surface area contributed by atoms with E-state index in [0.29, 0.717) is 0 Å². The van der Waals surface area contributed by atoms with Gasteiger partial charge in [0.25, 0.3) is 0 Å². The number of carboxylic acid groups (broad SMARTS) is 1. The molecule has 4 N–H and O–H groups in total. The maximum atomic E-state index is 10.9. The number of aliphatic carboxylic acids is 1. The minimum atomic E-state index is -1.17. The number of ether oxygens (including phenoxy) is 4. The summed E-state index contributed by atoms with van der Waals surface area (Å²) in [6.07, 6.45) is -6.25. The van der Waals surface area contributed by atoms with Crippen molar-refractivity contribution in [2.75, 3.05) is 13.7 Å². The van der Waals surface area contributed by atoms with Gasteiger partial charge in [-0.3, -0.25) is 0 Å². The average Bonchev–Trinajstić information content (AvgIpc) is 2.57. The maximum Gasteiger partial charge on any atom is 0.333 e. The number of carboxylic acids is 1. The third kappa shape index (κ3) is 5.92. The van der Waals surface area contributed by atoms with Gasteiger partial charge in [-0.1, -0.05) is 13.8 Å². The highest BCUT2D eigenvalue weighted by atomic mass is 16.7. The van der Waals surface area contributed by atoms with E-state index in [2.05, 4.69) is 0 Å². The quantitative estimate of drug-likeness (QED) is 0.514. The van der Waals surface area contributed by atoms with Crippen LogP contribution in [0.1, 0.15) is 33.1 Å². The normalized spacial score (nSPS) is 39.7. The molecule has 9 nitrogen and oxygen atoms in total. The lowest BCUT2D eigenvalue weighted by molar-refractivity contribution is -0.275. The van der Waals surface area contributed by atoms with Crippen molar-refractivity contribution < 1.29 is 44.2 Å². The first kappa shape index (κ1) is 21.2. The van der Waals surface area contributed by atoms with Gasteiger partial charge in [0.15, 0.2) is 18.7 Å². The summed E-state index contributed by atoms with van der Waals surface area (Å²) in [5.41, 5.74) is 0. The Balaban J connectivity index is 0.00000139. The number of aliphatic hydroxyl groups excluding tert-OH is 3. The van der Waals surface area contributed by atoms with E-state index in [1.54, 1.807) is 0 Å². The molecule has 0 aromatic carbocycles. The van der Waals surface area contributed by atoms with E-state index in [-0.39, 0.29) is 25.9 Å². The third-order valence-electron chi connectivity index (χ3n) is 3.79. The van der Waals surface area contributed by atoms with Crippen LogP contribution in [0, 0.1) is 0 Å². The number of aliphatic hydroxyl groups is 3. The first-order chi connectivity index (χ1) is 11.4. The zero-order chi connectivity index (χ0) is 18.3. The summed E-state index contributed by atoms with van der Waals surface area (Å²) in [5.74, 6) is -1.17. The SMILES string of the molecule is CC.CO[C@@H]1CC(O)[C@H](O)C(COC2C[C@@H](O)C[C@@H](C(=O)O)O2)O1. The zero-order valence-electron chi connectivity index (χ0n) is 14.2. The Morgan fingerprint density at radius 3 is 2.33 bits per heavy atom. The smallest absolute Gasteiger partial charge is 0.333 e. The second kappa shape index (κ2) is 10.2. The molecule has 24 heavy (non-hydrogen) atoms. The highest BCUT2D eigenvalue weighted by molar-refractivity contribution is 5.72. The molecule has 0 bridgehead atoms. The molecule has 142 valence electrons. The van der Waals surface area contributed by atoms with Gasteiger partial charge in [0, 0.05) is 26.4 Å². The molecule has 0 radical (unpaired) electrons. The van der Waals surface area contributed by atoms with Crippen molar-refractivity contribution in [2.45, 2.75) is 76.2 Å². The van der Waals surface area contributed by atoms with Crippen LogP contribution in [0.25, 0.3) is 0 Å². The highest BCUT2D eigenvalue weighted by Gasteiger charge is 2.39. The fraction of sp³-hybridized carbons (Fsp3) is 0.933. The molecule has 9 heteroatoms. The predicted octanol–water partition coefficient (Wildman–Crippen LogP) is -0.537. The van der Waals surface area contributed by atoms with Crippen LogP contribution in [-0.2, 0) is 23.7 Å². The summed E-state index contributed by atoms with van der Waals surface area (Å²) in [6.45, 7) is 3.88. The monoisotopic (exact) mass is 352 g/mol. The summed E-state index contributed by atoms with van der Waals surface area (Å²) < 4.78 is 21.0. The third-order valence-corrected chi connectivity index (χ3v) is 3.79. The Labute approximate surface area is 141 Å². The second-order valence-electron chi connectivity index (χ2n) is 5.48. The average molecular weight is 352 g/mol. The molecular formula is C15H28O9. The van der Waals surface area contributed by atoms with Gasteiger partial charge in [0.1, 0.15) is 12.2 Å². The van der Waals surface area contributed by atoms with Crippen molar-refractivity contribution in [2.24, 2.45) is 0 Å². The minimum Gasteiger partial charge on any atom is -0.479 e. The Morgan fingerprint density at radius 1 is 1.08 bits per heavy atom. The summed E-state index contributed by atoms with van der Waals surface area (Å²) in [7, 11) is 1.42. The van der Waals surface area contributed by atoms with E-state index < -0.39 is 49.1 Å². The lowest BCUT2D eigenvalue weighted by Crippen LogP contribution is -2.51. The first-order valence-corrected chi connectivity index (χ1v) is 8.13. The largest absolute Gasteiger partial charge is 0.479 e. The predicted molar refractivity (Wildman–Crippen MR) is 81.1 cm³/mol. The van der Waals surface area contributed by atoms with Crippen molar-refractivity contribution >= 4 is 5.97 Å². The fourth-order valence-corrected chi connectivity index (χ4v) is 2.53. The molecule has 2 saturated heterocycles. The van der Waals surface area contributed by atoms with E-state index in [4.69, 9.17) is 24.1 Å². The van der Waals surface area contributed by atoms with Gasteiger partial charge in [0.05, 0.1) is 18.8 Å². The molecule has 7 atom stereocenters. The van der Waals surface area contributed by atoms with Crippen LogP contribution in [0.4, 0.5) is 0 Å². The fourth-order valence-electron chi connectivity index (χ4n) is 2.53. The standard InChI is InChI=1S/C13H22O9.C2H6/c1-19-10-4-7(15)12(16)9(22-10)5-20-11-3-6(14)2-8(21-11)13(17)18;1-2/h6-12,14-16H,2-5H2,1H3,(H,17,18);1-2H3/t6-,7?,8-,9?,10-,11?,12-;/m0./s1. The van der Waals surface area contributed by atoms with Crippen LogP contribution in [0.2, 0.25) is 0 Å². The molecule has 0 aliphatic carbocycles. The molecule has 2 aliphatic rings. The van der Waals surface area contributed by atoms with Crippen LogP contribution >= 0.6 is 0 Å². The van der Waals surface area contributed by atoms with E-state index in [0.717, 1.165) is 0 Å². The maximum absolute atomic E-state index is 10.9. The topological polar surface area (TPSA) is 135 Å². The Morgan fingerprint density at radius 2 is 1.75 bits per heavy atom. The van der Waals surface area contributed by atoms with Crippen LogP contribution in [0.15, 0.2) is 0 Å². The lowest BCUT2D eigenvalue weighted by atomic mass is 10.0. The van der Waals surface area contributed by atoms with Gasteiger partial charge in [-0.15, -0.1) is 0 Å². The van der Waals surface area contributed by atoms with Gasteiger partial charge >= 0.3 is 5.97 Å². The van der Waals surface area contributed by atoms with Crippen molar-refractivity contribution in [3.8, 4) is 0 Å². The molecule has 0 amide bonds. The van der Waals surface area contributed by atoms with E-state index >= 15 is 0 Å². The Kier molecular flexibility index (Phi) is 9.06. The molecule has 0 spiro atoms. The van der Waals surface area contributed by atoms with Gasteiger partial charge in [-0.25, -0.2) is 4.79 Å². The van der Waals surface area contributed by atoms with Crippen LogP contribution in [0.5, 0.6) is 0 Å². The second-order valence-corrected chi connectivity index (χ2v) is 5.48. The molecule has 0 saturated carbocycles. The summed E-state index contributed by atoms with van der Waals surface area (Å²) in [6, 6.07) is 0. The Hall–Kier alpha value is -0.810. The number of rotatable bonds is 5. The van der Waals surface area contributed by atoms with Crippen molar-refractivity contribution in [1.82, 2.24) is 0 Å². The van der Waals surface area contributed by atoms with Crippen LogP contribution in [-0.4, -0.2) is 83.2 Å². The molecule has 3 unspecified atom stereocenters. The molecule has 0 aromatic rings. The van der Waals surface area contributed by atoms with Crippen LogP contribution in [0.3, 0.4) is 0 Å². The summed E-state index contributed by atoms with van der Waals surface area (Å²) in [5, 5.41) is 38.2. The molecule has 2 fully saturated rings. The first-order valence-electron chi connectivity index (χ1n) is 8.13. The molecule has 2 heterocycles. The Bertz CT molecular complexity index is 378. The summed E-state index contributed by atoms with van der Waals surface area (Å²) >= 11 is 0. The van der Waals surface area contributed by atoms with Gasteiger partial charge in [0.2, 0.25) is 0 Å². The number of methoxy groups -OCH3 is 1. The van der Waals surface area contributed by atoms with E-state index in [9.17, 15) is 20.1 Å². The van der Waals surface area contributed by atoms with Crippen molar-refractivity contribution in [1.29, 1.82) is 0 Å². The van der Waals surface area contributed by atoms with Gasteiger partial charge in [-0.2, -0.15) is 0 Å².